The average Bonchev–Trinajstić information content (AvgIpc) is 3.02. The third-order valence-electron chi connectivity index (χ3n) is 4.02. The van der Waals surface area contributed by atoms with Crippen molar-refractivity contribution in [3.8, 4) is 0 Å². The molecule has 1 unspecified atom stereocenters. The first kappa shape index (κ1) is 12.9. The van der Waals surface area contributed by atoms with Gasteiger partial charge in [0.2, 0.25) is 0 Å². The number of thiophene rings is 1. The zero-order valence-corrected chi connectivity index (χ0v) is 12.5. The molecular weight excluding hydrogens is 254 g/mol. The molecule has 3 rings (SSSR count). The first-order valence-electron chi connectivity index (χ1n) is 7.03. The second-order valence-corrected chi connectivity index (χ2v) is 6.47. The van der Waals surface area contributed by atoms with Crippen molar-refractivity contribution < 1.29 is 0 Å². The highest BCUT2D eigenvalue weighted by atomic mass is 32.1. The van der Waals surface area contributed by atoms with E-state index >= 15 is 0 Å². The van der Waals surface area contributed by atoms with E-state index in [0.717, 1.165) is 12.2 Å². The van der Waals surface area contributed by atoms with E-state index in [1.54, 1.807) is 10.4 Å². The predicted molar refractivity (Wildman–Crippen MR) is 79.7 cm³/mol. The SMILES string of the molecule is CNC(Cc1nccn1C)c1cc2c(s1)CCCC2. The van der Waals surface area contributed by atoms with Gasteiger partial charge in [-0.15, -0.1) is 11.3 Å². The Hall–Kier alpha value is -1.13. The molecule has 0 aliphatic heterocycles. The van der Waals surface area contributed by atoms with Crippen molar-refractivity contribution in [3.05, 3.63) is 39.6 Å². The second kappa shape index (κ2) is 5.47. The summed E-state index contributed by atoms with van der Waals surface area (Å²) in [5.41, 5.74) is 1.59. The van der Waals surface area contributed by atoms with E-state index in [0.29, 0.717) is 6.04 Å². The van der Waals surface area contributed by atoms with Gasteiger partial charge in [-0.05, 0) is 44.4 Å². The monoisotopic (exact) mass is 275 g/mol. The minimum absolute atomic E-state index is 0.386. The van der Waals surface area contributed by atoms with Crippen LogP contribution in [0.5, 0.6) is 0 Å². The molecule has 0 amide bonds. The van der Waals surface area contributed by atoms with Gasteiger partial charge >= 0.3 is 0 Å². The van der Waals surface area contributed by atoms with Gasteiger partial charge in [-0.3, -0.25) is 0 Å². The summed E-state index contributed by atoms with van der Waals surface area (Å²) in [6, 6.07) is 2.81. The largest absolute Gasteiger partial charge is 0.338 e. The highest BCUT2D eigenvalue weighted by Crippen LogP contribution is 2.33. The highest BCUT2D eigenvalue weighted by Gasteiger charge is 2.19. The molecule has 0 saturated carbocycles. The van der Waals surface area contributed by atoms with Crippen LogP contribution in [0.2, 0.25) is 0 Å². The average molecular weight is 275 g/mol. The van der Waals surface area contributed by atoms with Crippen LogP contribution in [0.3, 0.4) is 0 Å². The smallest absolute Gasteiger partial charge is 0.110 e. The fourth-order valence-electron chi connectivity index (χ4n) is 2.81. The number of fused-ring (bicyclic) bond motifs is 1. The van der Waals surface area contributed by atoms with Gasteiger partial charge in [0.05, 0.1) is 0 Å². The molecule has 4 heteroatoms. The van der Waals surface area contributed by atoms with E-state index in [1.165, 1.54) is 30.6 Å². The summed E-state index contributed by atoms with van der Waals surface area (Å²) in [6.07, 6.45) is 10.1. The van der Waals surface area contributed by atoms with Crippen molar-refractivity contribution >= 4 is 11.3 Å². The van der Waals surface area contributed by atoms with E-state index in [4.69, 9.17) is 0 Å². The summed E-state index contributed by atoms with van der Waals surface area (Å²) in [5, 5.41) is 3.45. The number of nitrogens with one attached hydrogen (secondary N) is 1. The third kappa shape index (κ3) is 2.60. The second-order valence-electron chi connectivity index (χ2n) is 5.30. The molecule has 1 atom stereocenters. The van der Waals surface area contributed by atoms with E-state index in [-0.39, 0.29) is 0 Å². The molecule has 1 aliphatic carbocycles. The van der Waals surface area contributed by atoms with Crippen LogP contribution in [0, 0.1) is 0 Å². The fraction of sp³-hybridized carbons (Fsp3) is 0.533. The standard InChI is InChI=1S/C15H21N3S/c1-16-12(10-15-17-7-8-18(15)2)14-9-11-5-3-4-6-13(11)19-14/h7-9,12,16H,3-6,10H2,1-2H3. The fourth-order valence-corrected chi connectivity index (χ4v) is 4.17. The lowest BCUT2D eigenvalue weighted by atomic mass is 9.98. The van der Waals surface area contributed by atoms with Crippen LogP contribution in [0.1, 0.15) is 40.0 Å². The minimum Gasteiger partial charge on any atom is -0.338 e. The van der Waals surface area contributed by atoms with Crippen LogP contribution in [0.4, 0.5) is 0 Å². The Labute approximate surface area is 118 Å². The number of rotatable bonds is 4. The quantitative estimate of drug-likeness (QED) is 0.930. The maximum atomic E-state index is 4.44. The van der Waals surface area contributed by atoms with Gasteiger partial charge in [-0.25, -0.2) is 4.98 Å². The van der Waals surface area contributed by atoms with Gasteiger partial charge in [0, 0.05) is 41.7 Å². The number of hydrogen-bond donors (Lipinski definition) is 1. The summed E-state index contributed by atoms with van der Waals surface area (Å²) in [7, 11) is 4.11. The van der Waals surface area contributed by atoms with Crippen molar-refractivity contribution in [2.75, 3.05) is 7.05 Å². The van der Waals surface area contributed by atoms with Gasteiger partial charge in [0.15, 0.2) is 0 Å². The predicted octanol–water partition coefficient (Wildman–Crippen LogP) is 2.86. The highest BCUT2D eigenvalue weighted by molar-refractivity contribution is 7.12. The summed E-state index contributed by atoms with van der Waals surface area (Å²) < 4.78 is 2.11. The minimum atomic E-state index is 0.386. The maximum Gasteiger partial charge on any atom is 0.110 e. The van der Waals surface area contributed by atoms with Gasteiger partial charge in [0.1, 0.15) is 5.82 Å². The Morgan fingerprint density at radius 1 is 1.42 bits per heavy atom. The maximum absolute atomic E-state index is 4.44. The topological polar surface area (TPSA) is 29.9 Å². The van der Waals surface area contributed by atoms with Crippen LogP contribution in [-0.4, -0.2) is 16.6 Å². The van der Waals surface area contributed by atoms with Crippen LogP contribution < -0.4 is 5.32 Å². The van der Waals surface area contributed by atoms with Gasteiger partial charge in [-0.2, -0.15) is 0 Å². The van der Waals surface area contributed by atoms with Crippen molar-refractivity contribution in [2.45, 2.75) is 38.1 Å². The Morgan fingerprint density at radius 2 is 2.26 bits per heavy atom. The van der Waals surface area contributed by atoms with E-state index in [9.17, 15) is 0 Å². The molecule has 1 aliphatic rings. The molecule has 19 heavy (non-hydrogen) atoms. The van der Waals surface area contributed by atoms with Gasteiger partial charge in [-0.1, -0.05) is 0 Å². The summed E-state index contributed by atoms with van der Waals surface area (Å²) >= 11 is 2.00. The Bertz CT molecular complexity index is 532. The third-order valence-corrected chi connectivity index (χ3v) is 5.37. The number of nitrogens with zero attached hydrogens (tertiary/aromatic N) is 2. The number of aromatic nitrogens is 2. The van der Waals surface area contributed by atoms with Gasteiger partial charge in [0.25, 0.3) is 0 Å². The van der Waals surface area contributed by atoms with E-state index in [1.807, 2.05) is 30.8 Å². The van der Waals surface area contributed by atoms with Crippen LogP contribution >= 0.6 is 11.3 Å². The Kier molecular flexibility index (Phi) is 3.71. The number of hydrogen-bond acceptors (Lipinski definition) is 3. The molecule has 1 N–H and O–H groups in total. The molecule has 2 aromatic heterocycles. The van der Waals surface area contributed by atoms with Crippen LogP contribution in [0.15, 0.2) is 18.5 Å². The Morgan fingerprint density at radius 3 is 2.95 bits per heavy atom. The lowest BCUT2D eigenvalue weighted by molar-refractivity contribution is 0.571. The lowest BCUT2D eigenvalue weighted by Crippen LogP contribution is -2.19. The Balaban J connectivity index is 1.82. The molecule has 0 radical (unpaired) electrons. The number of imidazole rings is 1. The zero-order valence-electron chi connectivity index (χ0n) is 11.6. The van der Waals surface area contributed by atoms with E-state index < -0.39 is 0 Å². The molecule has 2 heterocycles. The molecule has 0 aromatic carbocycles. The molecule has 3 nitrogen and oxygen atoms in total. The lowest BCUT2D eigenvalue weighted by Gasteiger charge is -2.14. The summed E-state index contributed by atoms with van der Waals surface area (Å²) in [5.74, 6) is 1.14. The van der Waals surface area contributed by atoms with Gasteiger partial charge < -0.3 is 9.88 Å². The van der Waals surface area contributed by atoms with Crippen molar-refractivity contribution in [1.29, 1.82) is 0 Å². The van der Waals surface area contributed by atoms with E-state index in [2.05, 4.69) is 28.0 Å². The summed E-state index contributed by atoms with van der Waals surface area (Å²) in [4.78, 5) is 7.52. The van der Waals surface area contributed by atoms with Crippen LogP contribution in [0.25, 0.3) is 0 Å². The molecule has 0 spiro atoms. The molecule has 0 saturated heterocycles. The first-order valence-corrected chi connectivity index (χ1v) is 7.84. The summed E-state index contributed by atoms with van der Waals surface area (Å²) in [6.45, 7) is 0. The number of likely N-dealkylation sites (N-methyl/N-ethyl adjacent to an activating group) is 1. The number of aryl methyl sites for hydroxylation is 3. The molecule has 2 aromatic rings. The van der Waals surface area contributed by atoms with Crippen molar-refractivity contribution in [1.82, 2.24) is 14.9 Å². The van der Waals surface area contributed by atoms with Crippen molar-refractivity contribution in [3.63, 3.8) is 0 Å². The molecule has 0 fully saturated rings. The molecular formula is C15H21N3S. The first-order chi connectivity index (χ1) is 9.28. The zero-order chi connectivity index (χ0) is 13.2. The van der Waals surface area contributed by atoms with Crippen LogP contribution in [-0.2, 0) is 26.3 Å². The molecule has 0 bridgehead atoms. The molecule has 102 valence electrons. The van der Waals surface area contributed by atoms with Crippen molar-refractivity contribution in [2.24, 2.45) is 7.05 Å². The normalized spacial score (nSPS) is 16.3.